The highest BCUT2D eigenvalue weighted by Gasteiger charge is 2.20. The topological polar surface area (TPSA) is 64.6 Å². The molecule has 1 N–H and O–H groups in total. The number of halogens is 2. The molecule has 1 aromatic carbocycles. The molecule has 21 heavy (non-hydrogen) atoms. The molecular formula is C14H17BrFNO4. The monoisotopic (exact) mass is 361 g/mol. The molecule has 0 radical (unpaired) electrons. The van der Waals surface area contributed by atoms with Gasteiger partial charge in [-0.05, 0) is 38.5 Å². The summed E-state index contributed by atoms with van der Waals surface area (Å²) in [6.07, 6.45) is -0.701. The van der Waals surface area contributed by atoms with Gasteiger partial charge in [0.05, 0.1) is 12.7 Å². The third-order valence-corrected chi connectivity index (χ3v) is 2.95. The van der Waals surface area contributed by atoms with Crippen molar-refractivity contribution in [2.24, 2.45) is 0 Å². The van der Waals surface area contributed by atoms with E-state index in [-0.39, 0.29) is 16.6 Å². The van der Waals surface area contributed by atoms with Crippen LogP contribution in [0, 0.1) is 5.82 Å². The van der Waals surface area contributed by atoms with Crippen LogP contribution in [0.4, 0.5) is 14.9 Å². The number of rotatable bonds is 3. The summed E-state index contributed by atoms with van der Waals surface area (Å²) in [4.78, 5) is 23.2. The molecule has 116 valence electrons. The summed E-state index contributed by atoms with van der Waals surface area (Å²) in [6, 6.07) is 2.52. The van der Waals surface area contributed by atoms with E-state index in [1.165, 1.54) is 13.2 Å². The lowest BCUT2D eigenvalue weighted by atomic mass is 10.1. The number of benzene rings is 1. The average molecular weight is 362 g/mol. The van der Waals surface area contributed by atoms with Crippen molar-refractivity contribution in [3.05, 3.63) is 29.1 Å². The molecule has 1 rings (SSSR count). The largest absolute Gasteiger partial charge is 0.465 e. The van der Waals surface area contributed by atoms with Gasteiger partial charge < -0.3 is 9.47 Å². The molecule has 0 aliphatic rings. The van der Waals surface area contributed by atoms with Gasteiger partial charge in [0, 0.05) is 11.0 Å². The van der Waals surface area contributed by atoms with Crippen LogP contribution in [0.2, 0.25) is 0 Å². The Labute approximate surface area is 130 Å². The molecule has 0 heterocycles. The van der Waals surface area contributed by atoms with Crippen molar-refractivity contribution in [2.75, 3.05) is 12.4 Å². The number of amides is 1. The number of hydrogen-bond acceptors (Lipinski definition) is 4. The van der Waals surface area contributed by atoms with Gasteiger partial charge in [0.15, 0.2) is 0 Å². The third kappa shape index (κ3) is 5.00. The number of methoxy groups -OCH3 is 1. The Morgan fingerprint density at radius 1 is 1.33 bits per heavy atom. The molecule has 0 fully saturated rings. The van der Waals surface area contributed by atoms with Gasteiger partial charge >= 0.3 is 12.1 Å². The van der Waals surface area contributed by atoms with E-state index < -0.39 is 23.5 Å². The zero-order chi connectivity index (χ0) is 16.2. The Kier molecular flexibility index (Phi) is 5.71. The molecule has 7 heteroatoms. The van der Waals surface area contributed by atoms with Gasteiger partial charge in [-0.1, -0.05) is 15.9 Å². The minimum Gasteiger partial charge on any atom is -0.465 e. The number of nitrogens with one attached hydrogen (secondary N) is 1. The molecule has 0 saturated carbocycles. The van der Waals surface area contributed by atoms with Crippen molar-refractivity contribution in [3.63, 3.8) is 0 Å². The second-order valence-electron chi connectivity index (χ2n) is 5.24. The smallest absolute Gasteiger partial charge is 0.412 e. The first kappa shape index (κ1) is 17.4. The summed E-state index contributed by atoms with van der Waals surface area (Å²) >= 11 is 3.17. The summed E-state index contributed by atoms with van der Waals surface area (Å²) in [7, 11) is 1.17. The number of carbonyl (C=O) groups is 2. The van der Waals surface area contributed by atoms with Crippen LogP contribution in [0.5, 0.6) is 0 Å². The van der Waals surface area contributed by atoms with Crippen LogP contribution in [0.3, 0.4) is 0 Å². The summed E-state index contributed by atoms with van der Waals surface area (Å²) < 4.78 is 23.6. The van der Waals surface area contributed by atoms with E-state index in [4.69, 9.17) is 4.74 Å². The van der Waals surface area contributed by atoms with E-state index >= 15 is 0 Å². The molecule has 0 aliphatic carbocycles. The Morgan fingerprint density at radius 3 is 2.43 bits per heavy atom. The summed E-state index contributed by atoms with van der Waals surface area (Å²) in [5.74, 6) is -1.55. The lowest BCUT2D eigenvalue weighted by Gasteiger charge is -2.20. The Balaban J connectivity index is 3.04. The first-order valence-electron chi connectivity index (χ1n) is 6.14. The lowest BCUT2D eigenvalue weighted by Crippen LogP contribution is -2.27. The van der Waals surface area contributed by atoms with E-state index in [0.717, 1.165) is 6.07 Å². The molecule has 0 saturated heterocycles. The van der Waals surface area contributed by atoms with Crippen LogP contribution in [-0.4, -0.2) is 24.8 Å². The predicted octanol–water partition coefficient (Wildman–Crippen LogP) is 3.85. The fourth-order valence-electron chi connectivity index (χ4n) is 1.59. The average Bonchev–Trinajstić information content (AvgIpc) is 2.34. The number of esters is 1. The zero-order valence-corrected chi connectivity index (χ0v) is 13.8. The van der Waals surface area contributed by atoms with Crippen LogP contribution in [-0.2, 0) is 14.8 Å². The molecule has 0 unspecified atom stereocenters. The SMILES string of the molecule is COC(=O)c1c(F)cc(NC(=O)OC(C)(C)C)cc1CBr. The molecular weight excluding hydrogens is 345 g/mol. The molecule has 1 amide bonds. The first-order valence-corrected chi connectivity index (χ1v) is 7.26. The van der Waals surface area contributed by atoms with Crippen molar-refractivity contribution >= 4 is 33.7 Å². The van der Waals surface area contributed by atoms with E-state index in [0.29, 0.717) is 5.56 Å². The molecule has 1 aromatic rings. The second-order valence-corrected chi connectivity index (χ2v) is 5.81. The third-order valence-electron chi connectivity index (χ3n) is 2.35. The molecule has 0 aromatic heterocycles. The van der Waals surface area contributed by atoms with Gasteiger partial charge in [-0.2, -0.15) is 0 Å². The van der Waals surface area contributed by atoms with Crippen molar-refractivity contribution in [1.29, 1.82) is 0 Å². The number of carbonyl (C=O) groups excluding carboxylic acids is 2. The minimum absolute atomic E-state index is 0.163. The number of alkyl halides is 1. The van der Waals surface area contributed by atoms with E-state index in [9.17, 15) is 14.0 Å². The normalized spacial score (nSPS) is 11.0. The molecule has 0 bridgehead atoms. The maximum atomic E-state index is 14.0. The molecule has 5 nitrogen and oxygen atoms in total. The van der Waals surface area contributed by atoms with Crippen LogP contribution >= 0.6 is 15.9 Å². The van der Waals surface area contributed by atoms with Crippen molar-refractivity contribution in [1.82, 2.24) is 0 Å². The predicted molar refractivity (Wildman–Crippen MR) is 80.2 cm³/mol. The van der Waals surface area contributed by atoms with Crippen LogP contribution < -0.4 is 5.32 Å². The van der Waals surface area contributed by atoms with Gasteiger partial charge in [0.25, 0.3) is 0 Å². The Bertz CT molecular complexity index is 555. The highest BCUT2D eigenvalue weighted by Crippen LogP contribution is 2.23. The van der Waals surface area contributed by atoms with Crippen LogP contribution in [0.15, 0.2) is 12.1 Å². The maximum Gasteiger partial charge on any atom is 0.412 e. The fraction of sp³-hybridized carbons (Fsp3) is 0.429. The van der Waals surface area contributed by atoms with Gasteiger partial charge in [0.1, 0.15) is 11.4 Å². The van der Waals surface area contributed by atoms with Crippen LogP contribution in [0.25, 0.3) is 0 Å². The fourth-order valence-corrected chi connectivity index (χ4v) is 2.04. The molecule has 0 spiro atoms. The van der Waals surface area contributed by atoms with Gasteiger partial charge in [-0.25, -0.2) is 14.0 Å². The van der Waals surface area contributed by atoms with Gasteiger partial charge in [-0.15, -0.1) is 0 Å². The highest BCUT2D eigenvalue weighted by atomic mass is 79.9. The van der Waals surface area contributed by atoms with E-state index in [1.54, 1.807) is 20.8 Å². The highest BCUT2D eigenvalue weighted by molar-refractivity contribution is 9.08. The molecule has 0 aliphatic heterocycles. The standard InChI is InChI=1S/C14H17BrFNO4/c1-14(2,3)21-13(19)17-9-5-8(7-15)11(10(16)6-9)12(18)20-4/h5-6H,7H2,1-4H3,(H,17,19). The van der Waals surface area contributed by atoms with Crippen molar-refractivity contribution < 1.29 is 23.5 Å². The summed E-state index contributed by atoms with van der Waals surface area (Å²) in [6.45, 7) is 5.16. The Morgan fingerprint density at radius 2 is 1.95 bits per heavy atom. The van der Waals surface area contributed by atoms with E-state index in [1.807, 2.05) is 0 Å². The van der Waals surface area contributed by atoms with Crippen molar-refractivity contribution in [3.8, 4) is 0 Å². The molecule has 0 atom stereocenters. The summed E-state index contributed by atoms with van der Waals surface area (Å²) in [5, 5.41) is 2.66. The number of ether oxygens (including phenoxy) is 2. The quantitative estimate of drug-likeness (QED) is 0.655. The lowest BCUT2D eigenvalue weighted by molar-refractivity contribution is 0.0593. The van der Waals surface area contributed by atoms with Gasteiger partial charge in [-0.3, -0.25) is 5.32 Å². The Hall–Kier alpha value is -1.63. The van der Waals surface area contributed by atoms with Crippen LogP contribution in [0.1, 0.15) is 36.7 Å². The zero-order valence-electron chi connectivity index (χ0n) is 12.3. The number of anilines is 1. The maximum absolute atomic E-state index is 14.0. The first-order chi connectivity index (χ1) is 9.67. The van der Waals surface area contributed by atoms with Gasteiger partial charge in [0.2, 0.25) is 0 Å². The van der Waals surface area contributed by atoms with E-state index in [2.05, 4.69) is 26.0 Å². The number of hydrogen-bond donors (Lipinski definition) is 1. The minimum atomic E-state index is -0.773. The van der Waals surface area contributed by atoms with Crippen molar-refractivity contribution in [2.45, 2.75) is 31.7 Å². The summed E-state index contributed by atoms with van der Waals surface area (Å²) in [5.41, 5.74) is -0.256. The second kappa shape index (κ2) is 6.89.